The number of aromatic nitrogens is 4. The Kier molecular flexibility index (Phi) is 7.17. The van der Waals surface area contributed by atoms with Crippen molar-refractivity contribution in [2.75, 3.05) is 45.2 Å². The summed E-state index contributed by atoms with van der Waals surface area (Å²) in [5.41, 5.74) is 2.42. The molecule has 2 fully saturated rings. The molecular formula is C27H34N8O3. The maximum atomic E-state index is 12.9. The maximum Gasteiger partial charge on any atom is 0.270 e. The fraction of sp³-hybridized carbons (Fsp3) is 0.444. The Hall–Kier alpha value is -4.15. The van der Waals surface area contributed by atoms with Crippen LogP contribution in [0.15, 0.2) is 47.7 Å². The van der Waals surface area contributed by atoms with Gasteiger partial charge in [-0.2, -0.15) is 14.7 Å². The number of anilines is 1. The summed E-state index contributed by atoms with van der Waals surface area (Å²) in [4.78, 5) is 44.1. The Labute approximate surface area is 221 Å². The van der Waals surface area contributed by atoms with Crippen molar-refractivity contribution in [3.05, 3.63) is 53.9 Å². The van der Waals surface area contributed by atoms with Crippen molar-refractivity contribution in [1.29, 1.82) is 0 Å². The number of allylic oxidation sites excluding steroid dienone is 1. The van der Waals surface area contributed by atoms with Gasteiger partial charge in [0.2, 0.25) is 5.91 Å². The highest BCUT2D eigenvalue weighted by atomic mass is 16.5. The zero-order chi connectivity index (χ0) is 26.8. The summed E-state index contributed by atoms with van der Waals surface area (Å²) in [6.07, 6.45) is 10.9. The lowest BCUT2D eigenvalue weighted by molar-refractivity contribution is -0.126. The van der Waals surface area contributed by atoms with E-state index in [2.05, 4.69) is 14.9 Å². The highest BCUT2D eigenvalue weighted by Crippen LogP contribution is 2.34. The molecule has 200 valence electrons. The molecule has 3 aromatic heterocycles. The molecule has 0 atom stereocenters. The summed E-state index contributed by atoms with van der Waals surface area (Å²) in [6.45, 7) is 4.42. The predicted molar refractivity (Wildman–Crippen MR) is 143 cm³/mol. The molecule has 0 aromatic carbocycles. The van der Waals surface area contributed by atoms with Gasteiger partial charge in [0.25, 0.3) is 11.9 Å². The molecule has 5 rings (SSSR count). The fourth-order valence-electron chi connectivity index (χ4n) is 5.26. The molecule has 38 heavy (non-hydrogen) atoms. The molecule has 1 aliphatic carbocycles. The second-order valence-corrected chi connectivity index (χ2v) is 10.0. The topological polar surface area (TPSA) is 112 Å². The van der Waals surface area contributed by atoms with Crippen LogP contribution in [0.1, 0.15) is 49.1 Å². The second-order valence-electron chi connectivity index (χ2n) is 10.0. The molecule has 0 unspecified atom stereocenters. The first-order valence-electron chi connectivity index (χ1n) is 13.1. The van der Waals surface area contributed by atoms with Crippen LogP contribution in [0.4, 0.5) is 11.6 Å². The van der Waals surface area contributed by atoms with Crippen LogP contribution in [0.3, 0.4) is 0 Å². The third-order valence-electron chi connectivity index (χ3n) is 7.25. The molecule has 1 aliphatic heterocycles. The molecule has 0 radical (unpaired) electrons. The van der Waals surface area contributed by atoms with Crippen molar-refractivity contribution in [3.63, 3.8) is 0 Å². The number of rotatable bonds is 5. The highest BCUT2D eigenvalue weighted by molar-refractivity contribution is 5.97. The standard InChI is InChI=1S/C27H34N8O3/c1-4-7-24(36)33-14-12-32(13-15-33)21-10-11-23(34(38)18-21)29-27-28-17-19-16-22(26(37)31(2)3)35(25(19)30-27)20-8-5-6-9-20/h4,7,10-11,16-18,20,38H,5-6,8-9,12-15H2,1-3H3/b7-4+,29-23-. The zero-order valence-electron chi connectivity index (χ0n) is 22.1. The van der Waals surface area contributed by atoms with Gasteiger partial charge in [-0.15, -0.1) is 0 Å². The Morgan fingerprint density at radius 2 is 1.87 bits per heavy atom. The number of amides is 2. The second kappa shape index (κ2) is 10.7. The lowest BCUT2D eigenvalue weighted by atomic mass is 10.2. The number of hydrogen-bond donors (Lipinski definition) is 1. The van der Waals surface area contributed by atoms with Gasteiger partial charge < -0.3 is 24.5 Å². The van der Waals surface area contributed by atoms with E-state index < -0.39 is 0 Å². The minimum absolute atomic E-state index is 0.0211. The van der Waals surface area contributed by atoms with Crippen LogP contribution >= 0.6 is 0 Å². The van der Waals surface area contributed by atoms with Crippen LogP contribution in [0.25, 0.3) is 11.0 Å². The van der Waals surface area contributed by atoms with E-state index in [-0.39, 0.29) is 23.8 Å². The van der Waals surface area contributed by atoms with E-state index in [1.807, 2.05) is 28.5 Å². The van der Waals surface area contributed by atoms with Gasteiger partial charge in [0, 0.05) is 57.9 Å². The number of carbonyl (C=O) groups excluding carboxylic acids is 2. The summed E-state index contributed by atoms with van der Waals surface area (Å²) < 4.78 is 3.01. The average molecular weight is 519 g/mol. The molecule has 1 saturated heterocycles. The van der Waals surface area contributed by atoms with Crippen molar-refractivity contribution < 1.29 is 14.8 Å². The lowest BCUT2D eigenvalue weighted by Crippen LogP contribution is -2.48. The third kappa shape index (κ3) is 5.00. The molecule has 0 bridgehead atoms. The van der Waals surface area contributed by atoms with E-state index in [4.69, 9.17) is 4.98 Å². The first-order valence-corrected chi connectivity index (χ1v) is 13.1. The smallest absolute Gasteiger partial charge is 0.270 e. The molecule has 2 aliphatic rings. The van der Waals surface area contributed by atoms with E-state index in [1.54, 1.807) is 49.6 Å². The van der Waals surface area contributed by atoms with Gasteiger partial charge in [-0.3, -0.25) is 9.59 Å². The lowest BCUT2D eigenvalue weighted by Gasteiger charge is -2.35. The minimum atomic E-state index is -0.0656. The van der Waals surface area contributed by atoms with Crippen LogP contribution < -0.4 is 10.4 Å². The van der Waals surface area contributed by atoms with Crippen LogP contribution in [-0.4, -0.2) is 86.4 Å². The van der Waals surface area contributed by atoms with Crippen molar-refractivity contribution >= 4 is 34.5 Å². The Bertz CT molecular complexity index is 1440. The predicted octanol–water partition coefficient (Wildman–Crippen LogP) is 2.74. The van der Waals surface area contributed by atoms with Crippen LogP contribution in [0.5, 0.6) is 0 Å². The Morgan fingerprint density at radius 3 is 2.53 bits per heavy atom. The molecule has 3 aromatic rings. The first kappa shape index (κ1) is 25.5. The van der Waals surface area contributed by atoms with Gasteiger partial charge in [-0.25, -0.2) is 4.98 Å². The Morgan fingerprint density at radius 1 is 1.13 bits per heavy atom. The monoisotopic (exact) mass is 518 g/mol. The molecule has 0 spiro atoms. The SMILES string of the molecule is C/C=C/C(=O)N1CCN(c2cc/c(=N/c3ncc4cc(C(=O)N(C)C)n(C5CCCC5)c4n3)n(O)c2)CC1. The quantitative estimate of drug-likeness (QED) is 0.411. The molecule has 4 heterocycles. The summed E-state index contributed by atoms with van der Waals surface area (Å²) >= 11 is 0. The van der Waals surface area contributed by atoms with Gasteiger partial charge >= 0.3 is 0 Å². The van der Waals surface area contributed by atoms with Crippen LogP contribution in [0, 0.1) is 0 Å². The third-order valence-corrected chi connectivity index (χ3v) is 7.25. The van der Waals surface area contributed by atoms with Gasteiger partial charge in [0.1, 0.15) is 11.3 Å². The first-order chi connectivity index (χ1) is 18.4. The van der Waals surface area contributed by atoms with Gasteiger partial charge in [-0.05, 0) is 44.0 Å². The molecule has 11 nitrogen and oxygen atoms in total. The number of piperazine rings is 1. The van der Waals surface area contributed by atoms with E-state index in [0.717, 1.165) is 41.5 Å². The summed E-state index contributed by atoms with van der Waals surface area (Å²) in [5, 5.41) is 11.5. The summed E-state index contributed by atoms with van der Waals surface area (Å²) in [6, 6.07) is 5.68. The minimum Gasteiger partial charge on any atom is -0.427 e. The zero-order valence-corrected chi connectivity index (χ0v) is 22.1. The van der Waals surface area contributed by atoms with Crippen molar-refractivity contribution in [3.8, 4) is 0 Å². The number of carbonyl (C=O) groups is 2. The summed E-state index contributed by atoms with van der Waals surface area (Å²) in [7, 11) is 3.50. The van der Waals surface area contributed by atoms with Crippen molar-refractivity contribution in [2.45, 2.75) is 38.6 Å². The van der Waals surface area contributed by atoms with Gasteiger partial charge in [-0.1, -0.05) is 18.9 Å². The maximum absolute atomic E-state index is 12.9. The van der Waals surface area contributed by atoms with Crippen LogP contribution in [0.2, 0.25) is 0 Å². The van der Waals surface area contributed by atoms with E-state index in [1.165, 1.54) is 0 Å². The normalized spacial score (nSPS) is 17.2. The molecule has 1 saturated carbocycles. The number of nitrogens with zero attached hydrogens (tertiary/aromatic N) is 8. The van der Waals surface area contributed by atoms with Gasteiger partial charge in [0.15, 0.2) is 5.49 Å². The van der Waals surface area contributed by atoms with E-state index in [0.29, 0.717) is 43.0 Å². The molecular weight excluding hydrogens is 484 g/mol. The summed E-state index contributed by atoms with van der Waals surface area (Å²) in [5.74, 6) is 0.169. The molecule has 1 N–H and O–H groups in total. The van der Waals surface area contributed by atoms with Gasteiger partial charge in [0.05, 0.1) is 11.9 Å². The van der Waals surface area contributed by atoms with Crippen molar-refractivity contribution in [2.24, 2.45) is 4.99 Å². The number of pyridine rings is 1. The fourth-order valence-corrected chi connectivity index (χ4v) is 5.26. The van der Waals surface area contributed by atoms with E-state index >= 15 is 0 Å². The Balaban J connectivity index is 1.42. The van der Waals surface area contributed by atoms with E-state index in [9.17, 15) is 14.8 Å². The number of fused-ring (bicyclic) bond motifs is 1. The average Bonchev–Trinajstić information content (AvgIpc) is 3.57. The highest BCUT2D eigenvalue weighted by Gasteiger charge is 2.26. The largest absolute Gasteiger partial charge is 0.427 e. The molecule has 11 heteroatoms. The van der Waals surface area contributed by atoms with Crippen LogP contribution in [-0.2, 0) is 4.79 Å². The number of hydrogen-bond acceptors (Lipinski definition) is 7. The molecule has 2 amide bonds. The van der Waals surface area contributed by atoms with Crippen molar-refractivity contribution in [1.82, 2.24) is 29.1 Å².